The standard InChI is InChI=1S/C20H24ClN3O3S/c1-4-12-22-28(26,27)19-13-16(10-11-17(19)21)20(25)23-18(14-24(2)3)15-8-6-5-7-9-15/h4-11,13,18,22H,1,12,14H2,2-3H3,(H,23,25)/t18-/m0/s1. The first-order chi connectivity index (χ1) is 13.2. The number of hydrogen-bond donors (Lipinski definition) is 2. The van der Waals surface area contributed by atoms with Crippen molar-refractivity contribution < 1.29 is 13.2 Å². The number of carbonyl (C=O) groups is 1. The topological polar surface area (TPSA) is 78.5 Å². The third kappa shape index (κ3) is 5.90. The number of nitrogens with one attached hydrogen (secondary N) is 2. The van der Waals surface area contributed by atoms with Gasteiger partial charge >= 0.3 is 0 Å². The van der Waals surface area contributed by atoms with Crippen molar-refractivity contribution >= 4 is 27.5 Å². The van der Waals surface area contributed by atoms with Gasteiger partial charge in [0.15, 0.2) is 0 Å². The number of rotatable bonds is 9. The Hall–Kier alpha value is -2.19. The molecule has 0 heterocycles. The number of nitrogens with zero attached hydrogens (tertiary/aromatic N) is 1. The molecule has 8 heteroatoms. The van der Waals surface area contributed by atoms with Gasteiger partial charge < -0.3 is 10.2 Å². The fraction of sp³-hybridized carbons (Fsp3) is 0.250. The molecule has 0 unspecified atom stereocenters. The molecule has 0 spiro atoms. The molecule has 150 valence electrons. The molecule has 2 aromatic carbocycles. The molecule has 28 heavy (non-hydrogen) atoms. The van der Waals surface area contributed by atoms with Crippen LogP contribution in [-0.2, 0) is 10.0 Å². The molecule has 0 aliphatic rings. The molecule has 2 rings (SSSR count). The summed E-state index contributed by atoms with van der Waals surface area (Å²) in [4.78, 5) is 14.6. The molecule has 2 N–H and O–H groups in total. The van der Waals surface area contributed by atoms with Crippen LogP contribution in [0.5, 0.6) is 0 Å². The monoisotopic (exact) mass is 421 g/mol. The number of likely N-dealkylation sites (N-methyl/N-ethyl adjacent to an activating group) is 1. The highest BCUT2D eigenvalue weighted by Crippen LogP contribution is 2.23. The van der Waals surface area contributed by atoms with E-state index in [0.29, 0.717) is 6.54 Å². The van der Waals surface area contributed by atoms with Crippen LogP contribution >= 0.6 is 11.6 Å². The molecule has 2 aromatic rings. The van der Waals surface area contributed by atoms with E-state index in [1.807, 2.05) is 49.3 Å². The fourth-order valence-corrected chi connectivity index (χ4v) is 4.15. The zero-order chi connectivity index (χ0) is 20.7. The van der Waals surface area contributed by atoms with Crippen molar-refractivity contribution in [3.05, 3.63) is 77.3 Å². The van der Waals surface area contributed by atoms with Crippen LogP contribution in [0.25, 0.3) is 0 Å². The molecular weight excluding hydrogens is 398 g/mol. The largest absolute Gasteiger partial charge is 0.344 e. The van der Waals surface area contributed by atoms with E-state index in [0.717, 1.165) is 5.56 Å². The second-order valence-electron chi connectivity index (χ2n) is 6.48. The molecule has 0 saturated heterocycles. The summed E-state index contributed by atoms with van der Waals surface area (Å²) in [5.41, 5.74) is 1.17. The van der Waals surface area contributed by atoms with Crippen molar-refractivity contribution in [1.82, 2.24) is 14.9 Å². The van der Waals surface area contributed by atoms with Gasteiger partial charge in [0.1, 0.15) is 4.90 Å². The normalized spacial score (nSPS) is 12.6. The first-order valence-electron chi connectivity index (χ1n) is 8.65. The Morgan fingerprint density at radius 1 is 1.21 bits per heavy atom. The van der Waals surface area contributed by atoms with Crippen molar-refractivity contribution in [3.8, 4) is 0 Å². The van der Waals surface area contributed by atoms with Gasteiger partial charge in [-0.2, -0.15) is 0 Å². The van der Waals surface area contributed by atoms with Crippen LogP contribution in [-0.4, -0.2) is 46.4 Å². The smallest absolute Gasteiger partial charge is 0.251 e. The third-order valence-electron chi connectivity index (χ3n) is 3.96. The maximum Gasteiger partial charge on any atom is 0.251 e. The summed E-state index contributed by atoms with van der Waals surface area (Å²) in [7, 11) is -0.0162. The van der Waals surface area contributed by atoms with Crippen LogP contribution in [0.15, 0.2) is 66.1 Å². The Bertz CT molecular complexity index is 931. The Labute approximate surface area is 171 Å². The molecular formula is C20H24ClN3O3S. The molecule has 0 fully saturated rings. The average molecular weight is 422 g/mol. The molecule has 0 saturated carbocycles. The van der Waals surface area contributed by atoms with Crippen LogP contribution in [0.3, 0.4) is 0 Å². The lowest BCUT2D eigenvalue weighted by atomic mass is 10.1. The first kappa shape index (κ1) is 22.1. The van der Waals surface area contributed by atoms with Crippen LogP contribution in [0.2, 0.25) is 5.02 Å². The Balaban J connectivity index is 2.30. The number of carbonyl (C=O) groups excluding carboxylic acids is 1. The fourth-order valence-electron chi connectivity index (χ4n) is 2.62. The molecule has 1 atom stereocenters. The maximum absolute atomic E-state index is 12.8. The lowest BCUT2D eigenvalue weighted by Gasteiger charge is -2.23. The SMILES string of the molecule is C=CCNS(=O)(=O)c1cc(C(=O)N[C@@H](CN(C)C)c2ccccc2)ccc1Cl. The second kappa shape index (κ2) is 9.84. The van der Waals surface area contributed by atoms with Crippen molar-refractivity contribution in [3.63, 3.8) is 0 Å². The molecule has 1 amide bonds. The predicted molar refractivity (Wildman–Crippen MR) is 112 cm³/mol. The minimum atomic E-state index is -3.85. The summed E-state index contributed by atoms with van der Waals surface area (Å²) in [6, 6.07) is 13.5. The number of sulfonamides is 1. The van der Waals surface area contributed by atoms with Gasteiger partial charge in [-0.1, -0.05) is 48.0 Å². The van der Waals surface area contributed by atoms with Gasteiger partial charge in [0.2, 0.25) is 10.0 Å². The Morgan fingerprint density at radius 2 is 1.89 bits per heavy atom. The van der Waals surface area contributed by atoms with Gasteiger partial charge in [-0.15, -0.1) is 6.58 Å². The number of amides is 1. The summed E-state index contributed by atoms with van der Waals surface area (Å²) in [5, 5.41) is 3.01. The highest BCUT2D eigenvalue weighted by Gasteiger charge is 2.21. The van der Waals surface area contributed by atoms with E-state index in [9.17, 15) is 13.2 Å². The molecule has 0 aromatic heterocycles. The quantitative estimate of drug-likeness (QED) is 0.610. The zero-order valence-electron chi connectivity index (χ0n) is 15.9. The lowest BCUT2D eigenvalue weighted by Crippen LogP contribution is -2.35. The van der Waals surface area contributed by atoms with Crippen molar-refractivity contribution in [2.45, 2.75) is 10.9 Å². The molecule has 0 radical (unpaired) electrons. The minimum absolute atomic E-state index is 0.0426. The minimum Gasteiger partial charge on any atom is -0.344 e. The first-order valence-corrected chi connectivity index (χ1v) is 10.5. The van der Waals surface area contributed by atoms with Gasteiger partial charge in [0.25, 0.3) is 5.91 Å². The average Bonchev–Trinajstić information content (AvgIpc) is 2.66. The maximum atomic E-state index is 12.8. The highest BCUT2D eigenvalue weighted by atomic mass is 35.5. The summed E-state index contributed by atoms with van der Waals surface area (Å²) in [6.45, 7) is 4.14. The predicted octanol–water partition coefficient (Wildman–Crippen LogP) is 2.84. The van der Waals surface area contributed by atoms with Crippen LogP contribution in [0.4, 0.5) is 0 Å². The summed E-state index contributed by atoms with van der Waals surface area (Å²) in [5.74, 6) is -0.382. The highest BCUT2D eigenvalue weighted by molar-refractivity contribution is 7.89. The van der Waals surface area contributed by atoms with E-state index in [1.54, 1.807) is 0 Å². The molecule has 6 nitrogen and oxygen atoms in total. The summed E-state index contributed by atoms with van der Waals surface area (Å²) < 4.78 is 27.1. The van der Waals surface area contributed by atoms with E-state index in [1.165, 1.54) is 24.3 Å². The van der Waals surface area contributed by atoms with Crippen LogP contribution in [0.1, 0.15) is 22.0 Å². The van der Waals surface area contributed by atoms with Crippen LogP contribution < -0.4 is 10.0 Å². The second-order valence-corrected chi connectivity index (χ2v) is 8.63. The van der Waals surface area contributed by atoms with E-state index >= 15 is 0 Å². The van der Waals surface area contributed by atoms with E-state index in [-0.39, 0.29) is 34.0 Å². The van der Waals surface area contributed by atoms with E-state index in [2.05, 4.69) is 16.6 Å². The van der Waals surface area contributed by atoms with Crippen molar-refractivity contribution in [1.29, 1.82) is 0 Å². The van der Waals surface area contributed by atoms with Crippen LogP contribution in [0, 0.1) is 0 Å². The third-order valence-corrected chi connectivity index (χ3v) is 5.86. The molecule has 0 bridgehead atoms. The van der Waals surface area contributed by atoms with E-state index in [4.69, 9.17) is 11.6 Å². The molecule has 0 aliphatic carbocycles. The van der Waals surface area contributed by atoms with Gasteiger partial charge in [-0.3, -0.25) is 4.79 Å². The van der Waals surface area contributed by atoms with Crippen molar-refractivity contribution in [2.24, 2.45) is 0 Å². The number of halogens is 1. The van der Waals surface area contributed by atoms with Gasteiger partial charge in [-0.25, -0.2) is 13.1 Å². The Morgan fingerprint density at radius 3 is 2.50 bits per heavy atom. The summed E-state index contributed by atoms with van der Waals surface area (Å²) >= 11 is 6.05. The van der Waals surface area contributed by atoms with Gasteiger partial charge in [0, 0.05) is 18.7 Å². The molecule has 0 aliphatic heterocycles. The zero-order valence-corrected chi connectivity index (χ0v) is 17.4. The van der Waals surface area contributed by atoms with Gasteiger partial charge in [0.05, 0.1) is 11.1 Å². The van der Waals surface area contributed by atoms with Crippen molar-refractivity contribution in [2.75, 3.05) is 27.2 Å². The lowest BCUT2D eigenvalue weighted by molar-refractivity contribution is 0.0929. The summed E-state index contributed by atoms with van der Waals surface area (Å²) in [6.07, 6.45) is 1.42. The number of hydrogen-bond acceptors (Lipinski definition) is 4. The number of benzene rings is 2. The Kier molecular flexibility index (Phi) is 7.77. The van der Waals surface area contributed by atoms with Gasteiger partial charge in [-0.05, 0) is 37.9 Å². The van der Waals surface area contributed by atoms with E-state index < -0.39 is 10.0 Å².